The molecule has 0 N–H and O–H groups in total. The van der Waals surface area contributed by atoms with Gasteiger partial charge in [-0.3, -0.25) is 4.18 Å². The minimum atomic E-state index is -3.29. The molecule has 0 aliphatic rings. The first-order chi connectivity index (χ1) is 3.62. The fraction of sp³-hybridized carbons (Fsp3) is 0.500. The van der Waals surface area contributed by atoms with Gasteiger partial charge >= 0.3 is 29.6 Å². The maximum atomic E-state index is 10.3. The van der Waals surface area contributed by atoms with Gasteiger partial charge < -0.3 is 1.43 Å². The van der Waals surface area contributed by atoms with Gasteiger partial charge in [0.25, 0.3) is 10.1 Å². The number of hydrogen-bond acceptors (Lipinski definition) is 3. The molecule has 0 radical (unpaired) electrons. The molecule has 50 valence electrons. The van der Waals surface area contributed by atoms with E-state index >= 15 is 0 Å². The fourth-order valence-electron chi connectivity index (χ4n) is 0.212. The second kappa shape index (κ2) is 5.44. The first-order valence-electron chi connectivity index (χ1n) is 2.01. The fourth-order valence-corrected chi connectivity index (χ4v) is 0.637. The van der Waals surface area contributed by atoms with Crippen molar-refractivity contribution in [1.29, 1.82) is 0 Å². The maximum Gasteiger partial charge on any atom is 1.00 e. The maximum absolute atomic E-state index is 10.3. The second-order valence-corrected chi connectivity index (χ2v) is 2.96. The van der Waals surface area contributed by atoms with Crippen molar-refractivity contribution in [2.24, 2.45) is 0 Å². The Kier molecular flexibility index (Phi) is 7.45. The van der Waals surface area contributed by atoms with Gasteiger partial charge in [0.15, 0.2) is 0 Å². The van der Waals surface area contributed by atoms with E-state index in [1.165, 1.54) is 6.08 Å². The van der Waals surface area contributed by atoms with Crippen molar-refractivity contribution in [3.63, 3.8) is 0 Å². The summed E-state index contributed by atoms with van der Waals surface area (Å²) >= 11 is 0. The summed E-state index contributed by atoms with van der Waals surface area (Å²) in [5, 5.41) is 0. The van der Waals surface area contributed by atoms with Gasteiger partial charge in [-0.05, 0) is 0 Å². The predicted molar refractivity (Wildman–Crippen MR) is 32.1 cm³/mol. The molecule has 0 spiro atoms. The Morgan fingerprint density at radius 2 is 2.22 bits per heavy atom. The summed E-state index contributed by atoms with van der Waals surface area (Å²) in [5.41, 5.74) is 0. The summed E-state index contributed by atoms with van der Waals surface area (Å²) in [6.07, 6.45) is 1.28. The molecule has 0 aromatic rings. The first kappa shape index (κ1) is 12.3. The molecule has 0 aliphatic heterocycles. The van der Waals surface area contributed by atoms with E-state index in [0.29, 0.717) is 0 Å². The van der Waals surface area contributed by atoms with Crippen LogP contribution in [0.4, 0.5) is 0 Å². The van der Waals surface area contributed by atoms with Gasteiger partial charge in [-0.25, -0.2) is 0 Å². The van der Waals surface area contributed by atoms with Gasteiger partial charge in [0.1, 0.15) is 0 Å². The summed E-state index contributed by atoms with van der Waals surface area (Å²) in [7, 11) is -2.16. The van der Waals surface area contributed by atoms with E-state index in [4.69, 9.17) is 0 Å². The zero-order valence-corrected chi connectivity index (χ0v) is 8.44. The normalized spacial score (nSPS) is 9.89. The third-order valence-electron chi connectivity index (χ3n) is 0.576. The summed E-state index contributed by atoms with van der Waals surface area (Å²) in [6, 6.07) is 0. The standard InChI is InChI=1S/C4H8O3S.Na.H/c1-3-4-8(5,6)7-2;;/h3H,1,4H2,2H3;;/q;+1;-1. The van der Waals surface area contributed by atoms with E-state index in [9.17, 15) is 8.42 Å². The monoisotopic (exact) mass is 160 g/mol. The largest absolute Gasteiger partial charge is 1.00 e. The van der Waals surface area contributed by atoms with E-state index in [-0.39, 0.29) is 36.7 Å². The zero-order valence-electron chi connectivity index (χ0n) is 6.62. The van der Waals surface area contributed by atoms with Crippen LogP contribution >= 0.6 is 0 Å². The molecule has 0 aromatic heterocycles. The molecule has 0 unspecified atom stereocenters. The van der Waals surface area contributed by atoms with Crippen LogP contribution in [0.5, 0.6) is 0 Å². The van der Waals surface area contributed by atoms with Crippen molar-refractivity contribution in [3.8, 4) is 0 Å². The van der Waals surface area contributed by atoms with E-state index < -0.39 is 10.1 Å². The third-order valence-corrected chi connectivity index (χ3v) is 1.73. The molecule has 0 heterocycles. The molecule has 0 rings (SSSR count). The molecule has 9 heavy (non-hydrogen) atoms. The summed E-state index contributed by atoms with van der Waals surface area (Å²) < 4.78 is 24.7. The van der Waals surface area contributed by atoms with Gasteiger partial charge in [0.2, 0.25) is 0 Å². The molecule has 0 aliphatic carbocycles. The molecule has 0 bridgehead atoms. The third kappa shape index (κ3) is 6.54. The van der Waals surface area contributed by atoms with Crippen LogP contribution in [0.15, 0.2) is 12.7 Å². The van der Waals surface area contributed by atoms with Gasteiger partial charge in [-0.2, -0.15) is 8.42 Å². The molecule has 0 saturated carbocycles. The topological polar surface area (TPSA) is 43.4 Å². The molecule has 0 amide bonds. The average molecular weight is 160 g/mol. The minimum absolute atomic E-state index is 0. The SMILES string of the molecule is C=CCS(=O)(=O)OC.[H-].[Na+]. The van der Waals surface area contributed by atoms with Crippen LogP contribution in [0.25, 0.3) is 0 Å². The van der Waals surface area contributed by atoms with Crippen molar-refractivity contribution >= 4 is 10.1 Å². The predicted octanol–water partition coefficient (Wildman–Crippen LogP) is -2.73. The van der Waals surface area contributed by atoms with Crippen LogP contribution in [0.1, 0.15) is 1.43 Å². The van der Waals surface area contributed by atoms with E-state index in [0.717, 1.165) is 7.11 Å². The molecule has 0 aromatic carbocycles. The second-order valence-electron chi connectivity index (χ2n) is 1.18. The smallest absolute Gasteiger partial charge is 1.00 e. The number of hydrogen-bond donors (Lipinski definition) is 0. The summed E-state index contributed by atoms with van der Waals surface area (Å²) in [5.74, 6) is -0.122. The minimum Gasteiger partial charge on any atom is -1.00 e. The van der Waals surface area contributed by atoms with Crippen LogP contribution in [0.2, 0.25) is 0 Å². The van der Waals surface area contributed by atoms with Crippen LogP contribution in [0, 0.1) is 0 Å². The van der Waals surface area contributed by atoms with Crippen molar-refractivity contribution in [2.75, 3.05) is 12.9 Å². The van der Waals surface area contributed by atoms with E-state index in [2.05, 4.69) is 10.8 Å². The molecule has 3 nitrogen and oxygen atoms in total. The Labute approximate surface area is 79.0 Å². The Hall–Kier alpha value is 0.650. The van der Waals surface area contributed by atoms with Gasteiger partial charge in [0, 0.05) is 0 Å². The summed E-state index contributed by atoms with van der Waals surface area (Å²) in [4.78, 5) is 0. The van der Waals surface area contributed by atoms with Crippen molar-refractivity contribution < 1.29 is 43.6 Å². The summed E-state index contributed by atoms with van der Waals surface area (Å²) in [6.45, 7) is 3.23. The molecule has 5 heteroatoms. The Bertz CT molecular complexity index is 165. The van der Waals surface area contributed by atoms with Crippen molar-refractivity contribution in [2.45, 2.75) is 0 Å². The van der Waals surface area contributed by atoms with Crippen molar-refractivity contribution in [3.05, 3.63) is 12.7 Å². The van der Waals surface area contributed by atoms with Gasteiger partial charge in [-0.1, -0.05) is 6.08 Å². The Morgan fingerprint density at radius 3 is 2.33 bits per heavy atom. The van der Waals surface area contributed by atoms with Crippen LogP contribution in [-0.2, 0) is 14.3 Å². The number of rotatable bonds is 3. The average Bonchev–Trinajstić information content (AvgIpc) is 1.67. The molecular formula is C4H9NaO3S. The van der Waals surface area contributed by atoms with Crippen LogP contribution < -0.4 is 29.6 Å². The molecular weight excluding hydrogens is 151 g/mol. The van der Waals surface area contributed by atoms with Gasteiger partial charge in [-0.15, -0.1) is 6.58 Å². The Balaban J connectivity index is -0.000000245. The van der Waals surface area contributed by atoms with E-state index in [1.807, 2.05) is 0 Å². The molecule has 0 fully saturated rings. The van der Waals surface area contributed by atoms with Crippen LogP contribution in [-0.4, -0.2) is 21.3 Å². The molecule has 0 saturated heterocycles. The van der Waals surface area contributed by atoms with E-state index in [1.54, 1.807) is 0 Å². The zero-order chi connectivity index (χ0) is 6.62. The first-order valence-corrected chi connectivity index (χ1v) is 3.59. The van der Waals surface area contributed by atoms with Gasteiger partial charge in [0.05, 0.1) is 12.9 Å². The quantitative estimate of drug-likeness (QED) is 0.256. The van der Waals surface area contributed by atoms with Crippen molar-refractivity contribution in [1.82, 2.24) is 0 Å². The Morgan fingerprint density at radius 1 is 1.78 bits per heavy atom. The van der Waals surface area contributed by atoms with Crippen LogP contribution in [0.3, 0.4) is 0 Å². The molecule has 0 atom stereocenters.